The highest BCUT2D eigenvalue weighted by atomic mass is 19.4. The van der Waals surface area contributed by atoms with Crippen molar-refractivity contribution in [3.05, 3.63) is 0 Å². The van der Waals surface area contributed by atoms with Gasteiger partial charge in [-0.05, 0) is 47.2 Å². The Morgan fingerprint density at radius 3 is 2.29 bits per heavy atom. The molecule has 1 heterocycles. The molecule has 0 bridgehead atoms. The van der Waals surface area contributed by atoms with Gasteiger partial charge in [0.2, 0.25) is 0 Å². The largest absolute Gasteiger partial charge is 0.394 e. The first kappa shape index (κ1) is 19.3. The number of alkyl halides is 3. The Labute approximate surface area is 142 Å². The predicted molar refractivity (Wildman–Crippen MR) is 87.8 cm³/mol. The van der Waals surface area contributed by atoms with E-state index in [1.165, 1.54) is 18.7 Å². The number of carbonyl (C=O) groups excluding carboxylic acids is 1. The minimum absolute atomic E-state index is 0.0211. The Morgan fingerprint density at radius 1 is 1.25 bits per heavy atom. The molecule has 1 N–H and O–H groups in total. The maximum absolute atomic E-state index is 13.2. The fourth-order valence-corrected chi connectivity index (χ4v) is 4.56. The predicted octanol–water partition coefficient (Wildman–Crippen LogP) is 3.48. The quantitative estimate of drug-likeness (QED) is 0.843. The lowest BCUT2D eigenvalue weighted by molar-refractivity contribution is -0.189. The smallest absolute Gasteiger partial charge is 0.337 e. The van der Waals surface area contributed by atoms with E-state index >= 15 is 0 Å². The van der Waals surface area contributed by atoms with E-state index in [2.05, 4.69) is 10.2 Å². The Balaban J connectivity index is 2.00. The van der Waals surface area contributed by atoms with Crippen molar-refractivity contribution in [3.8, 4) is 0 Å². The molecule has 0 aromatic carbocycles. The first-order chi connectivity index (χ1) is 11.0. The normalized spacial score (nSPS) is 26.2. The lowest BCUT2D eigenvalue weighted by Gasteiger charge is -2.38. The van der Waals surface area contributed by atoms with Gasteiger partial charge in [-0.1, -0.05) is 12.8 Å². The molecule has 2 aliphatic rings. The number of carbonyl (C=O) groups is 1. The van der Waals surface area contributed by atoms with Crippen LogP contribution in [0.15, 0.2) is 0 Å². The first-order valence-electron chi connectivity index (χ1n) is 8.75. The molecule has 0 spiro atoms. The highest BCUT2D eigenvalue weighted by Gasteiger charge is 2.56. The van der Waals surface area contributed by atoms with Crippen LogP contribution in [0.2, 0.25) is 0 Å². The molecule has 0 unspecified atom stereocenters. The topological polar surface area (TPSA) is 35.6 Å². The molecular formula is C17H30F3N3O. The van der Waals surface area contributed by atoms with Gasteiger partial charge in [0.15, 0.2) is 0 Å². The van der Waals surface area contributed by atoms with E-state index in [0.717, 1.165) is 32.2 Å². The van der Waals surface area contributed by atoms with Gasteiger partial charge in [-0.25, -0.2) is 4.79 Å². The molecule has 2 amide bonds. The summed E-state index contributed by atoms with van der Waals surface area (Å²) in [7, 11) is 4.03. The number of urea groups is 1. The number of nitrogens with one attached hydrogen (secondary N) is 1. The SMILES string of the molecule is CN(C)CC1(CNC(=O)N2CC[C@H](C(F)(F)F)C2(C)C)CCCC1. The van der Waals surface area contributed by atoms with E-state index in [1.54, 1.807) is 0 Å². The summed E-state index contributed by atoms with van der Waals surface area (Å²) in [6.45, 7) is 4.62. The van der Waals surface area contributed by atoms with Gasteiger partial charge >= 0.3 is 12.2 Å². The maximum atomic E-state index is 13.2. The van der Waals surface area contributed by atoms with Crippen LogP contribution in [0.3, 0.4) is 0 Å². The van der Waals surface area contributed by atoms with Crippen LogP contribution >= 0.6 is 0 Å². The molecule has 4 nitrogen and oxygen atoms in total. The van der Waals surface area contributed by atoms with E-state index in [-0.39, 0.29) is 24.4 Å². The van der Waals surface area contributed by atoms with E-state index in [9.17, 15) is 18.0 Å². The van der Waals surface area contributed by atoms with Crippen LogP contribution in [0.25, 0.3) is 0 Å². The van der Waals surface area contributed by atoms with E-state index in [1.807, 2.05) is 14.1 Å². The van der Waals surface area contributed by atoms with Crippen molar-refractivity contribution in [2.75, 3.05) is 33.7 Å². The standard InChI is InChI=1S/C17H30F3N3O/c1-15(2)13(17(18,19)20)7-10-23(15)14(24)21-11-16(12-22(3)4)8-5-6-9-16/h13H,5-12H2,1-4H3,(H,21,24)/t13-/m0/s1. The molecule has 1 aliphatic carbocycles. The number of hydrogen-bond acceptors (Lipinski definition) is 2. The van der Waals surface area contributed by atoms with Gasteiger partial charge in [-0.2, -0.15) is 13.2 Å². The van der Waals surface area contributed by atoms with Gasteiger partial charge in [0, 0.05) is 25.0 Å². The van der Waals surface area contributed by atoms with Crippen LogP contribution in [-0.2, 0) is 0 Å². The summed E-state index contributed by atoms with van der Waals surface area (Å²) in [5.74, 6) is -1.46. The Bertz CT molecular complexity index is 456. The van der Waals surface area contributed by atoms with Gasteiger partial charge in [-0.3, -0.25) is 0 Å². The maximum Gasteiger partial charge on any atom is 0.394 e. The van der Waals surface area contributed by atoms with Gasteiger partial charge < -0.3 is 15.1 Å². The van der Waals surface area contributed by atoms with Crippen molar-refractivity contribution in [2.45, 2.75) is 57.7 Å². The number of rotatable bonds is 4. The van der Waals surface area contributed by atoms with Crippen LogP contribution in [0.1, 0.15) is 46.0 Å². The monoisotopic (exact) mass is 349 g/mol. The van der Waals surface area contributed by atoms with Crippen LogP contribution in [0.5, 0.6) is 0 Å². The van der Waals surface area contributed by atoms with Crippen molar-refractivity contribution in [1.29, 1.82) is 0 Å². The average Bonchev–Trinajstić information content (AvgIpc) is 2.99. The lowest BCUT2D eigenvalue weighted by atomic mass is 9.85. The lowest BCUT2D eigenvalue weighted by Crippen LogP contribution is -2.54. The molecular weight excluding hydrogens is 319 g/mol. The number of hydrogen-bond donors (Lipinski definition) is 1. The Hall–Kier alpha value is -0.980. The fourth-order valence-electron chi connectivity index (χ4n) is 4.56. The summed E-state index contributed by atoms with van der Waals surface area (Å²) >= 11 is 0. The van der Waals surface area contributed by atoms with Crippen molar-refractivity contribution in [2.24, 2.45) is 11.3 Å². The molecule has 2 rings (SSSR count). The zero-order chi connectivity index (χ0) is 18.2. The van der Waals surface area contributed by atoms with E-state index < -0.39 is 17.6 Å². The summed E-state index contributed by atoms with van der Waals surface area (Å²) in [5.41, 5.74) is -1.15. The molecule has 2 fully saturated rings. The van der Waals surface area contributed by atoms with Crippen molar-refractivity contribution in [1.82, 2.24) is 15.1 Å². The zero-order valence-electron chi connectivity index (χ0n) is 15.2. The average molecular weight is 349 g/mol. The molecule has 1 saturated heterocycles. The van der Waals surface area contributed by atoms with Gasteiger partial charge in [-0.15, -0.1) is 0 Å². The third-order valence-electron chi connectivity index (χ3n) is 5.76. The second-order valence-electron chi connectivity index (χ2n) is 8.29. The third kappa shape index (κ3) is 3.98. The fraction of sp³-hybridized carbons (Fsp3) is 0.941. The van der Waals surface area contributed by atoms with Crippen LogP contribution in [0, 0.1) is 11.3 Å². The number of halogens is 3. The Kier molecular flexibility index (Phi) is 5.43. The molecule has 0 aromatic rings. The van der Waals surface area contributed by atoms with Crippen molar-refractivity contribution in [3.63, 3.8) is 0 Å². The molecule has 0 radical (unpaired) electrons. The van der Waals surface area contributed by atoms with E-state index in [0.29, 0.717) is 6.54 Å². The molecule has 140 valence electrons. The van der Waals surface area contributed by atoms with Crippen LogP contribution in [-0.4, -0.2) is 61.3 Å². The van der Waals surface area contributed by atoms with Gasteiger partial charge in [0.1, 0.15) is 0 Å². The minimum atomic E-state index is -4.27. The number of likely N-dealkylation sites (tertiary alicyclic amines) is 1. The zero-order valence-corrected chi connectivity index (χ0v) is 15.2. The highest BCUT2D eigenvalue weighted by molar-refractivity contribution is 5.75. The summed E-state index contributed by atoms with van der Waals surface area (Å²) in [6, 6.07) is -0.364. The van der Waals surface area contributed by atoms with Gasteiger partial charge in [0.25, 0.3) is 0 Å². The van der Waals surface area contributed by atoms with E-state index in [4.69, 9.17) is 0 Å². The second kappa shape index (κ2) is 6.73. The minimum Gasteiger partial charge on any atom is -0.337 e. The van der Waals surface area contributed by atoms with Crippen LogP contribution < -0.4 is 5.32 Å². The van der Waals surface area contributed by atoms with Crippen molar-refractivity contribution < 1.29 is 18.0 Å². The summed E-state index contributed by atoms with van der Waals surface area (Å²) in [6.07, 6.45) is 0.118. The van der Waals surface area contributed by atoms with Gasteiger partial charge in [0.05, 0.1) is 11.5 Å². The molecule has 1 saturated carbocycles. The molecule has 0 aromatic heterocycles. The molecule has 7 heteroatoms. The Morgan fingerprint density at radius 2 is 1.83 bits per heavy atom. The third-order valence-corrected chi connectivity index (χ3v) is 5.76. The van der Waals surface area contributed by atoms with Crippen LogP contribution in [0.4, 0.5) is 18.0 Å². The summed E-state index contributed by atoms with van der Waals surface area (Å²) in [5, 5.41) is 2.93. The molecule has 24 heavy (non-hydrogen) atoms. The summed E-state index contributed by atoms with van der Waals surface area (Å²) in [4.78, 5) is 16.0. The second-order valence-corrected chi connectivity index (χ2v) is 8.29. The molecule has 1 atom stereocenters. The number of nitrogens with zero attached hydrogens (tertiary/aromatic N) is 2. The first-order valence-corrected chi connectivity index (χ1v) is 8.75. The summed E-state index contributed by atoms with van der Waals surface area (Å²) < 4.78 is 39.5. The highest BCUT2D eigenvalue weighted by Crippen LogP contribution is 2.45. The van der Waals surface area contributed by atoms with Crippen molar-refractivity contribution >= 4 is 6.03 Å². The molecule has 1 aliphatic heterocycles. The number of amides is 2.